The lowest BCUT2D eigenvalue weighted by Gasteiger charge is -2.17. The van der Waals surface area contributed by atoms with E-state index in [0.717, 1.165) is 0 Å². The fraction of sp³-hybridized carbons (Fsp3) is 0.500. The van der Waals surface area contributed by atoms with E-state index in [-0.39, 0.29) is 11.7 Å². The normalized spacial score (nSPS) is 12.9. The Morgan fingerprint density at radius 2 is 2.25 bits per heavy atom. The lowest BCUT2D eigenvalue weighted by atomic mass is 10.2. The molecule has 1 heterocycles. The van der Waals surface area contributed by atoms with Crippen molar-refractivity contribution in [2.45, 2.75) is 19.4 Å². The first kappa shape index (κ1) is 16.9. The van der Waals surface area contributed by atoms with Gasteiger partial charge in [0.15, 0.2) is 0 Å². The highest BCUT2D eigenvalue weighted by molar-refractivity contribution is 7.98. The third-order valence-electron chi connectivity index (χ3n) is 2.56. The molecule has 8 heteroatoms. The van der Waals surface area contributed by atoms with Crippen molar-refractivity contribution in [3.05, 3.63) is 24.5 Å². The van der Waals surface area contributed by atoms with Crippen molar-refractivity contribution < 1.29 is 13.2 Å². The third-order valence-corrected chi connectivity index (χ3v) is 4.61. The van der Waals surface area contributed by atoms with Gasteiger partial charge in [0.25, 0.3) is 0 Å². The van der Waals surface area contributed by atoms with Gasteiger partial charge in [0.2, 0.25) is 15.9 Å². The Kier molecular flexibility index (Phi) is 6.97. The topological polar surface area (TPSA) is 88.2 Å². The van der Waals surface area contributed by atoms with E-state index in [9.17, 15) is 13.2 Å². The van der Waals surface area contributed by atoms with Gasteiger partial charge in [-0.25, -0.2) is 13.1 Å². The van der Waals surface area contributed by atoms with Crippen LogP contribution >= 0.6 is 11.8 Å². The zero-order valence-electron chi connectivity index (χ0n) is 11.5. The molecule has 0 aliphatic heterocycles. The van der Waals surface area contributed by atoms with Crippen LogP contribution < -0.4 is 10.0 Å². The molecule has 0 spiro atoms. The van der Waals surface area contributed by atoms with Gasteiger partial charge < -0.3 is 5.32 Å². The molecule has 2 N–H and O–H groups in total. The number of amides is 1. The molecule has 0 saturated carbocycles. The smallest absolute Gasteiger partial charge is 0.242 e. The predicted molar refractivity (Wildman–Crippen MR) is 82.3 cm³/mol. The number of carbonyl (C=O) groups is 1. The van der Waals surface area contributed by atoms with E-state index >= 15 is 0 Å². The molecule has 0 fully saturated rings. The standard InChI is InChI=1S/C12H19N3O3S2/c1-3-20(17,18)15-11(6-8-19-2)12(16)14-10-5-4-7-13-9-10/h4-5,7,9,11,15H,3,6,8H2,1-2H3,(H,14,16)/t11-/m1/s1. The van der Waals surface area contributed by atoms with E-state index in [1.165, 1.54) is 13.1 Å². The summed E-state index contributed by atoms with van der Waals surface area (Å²) in [6, 6.07) is 2.63. The van der Waals surface area contributed by atoms with Crippen LogP contribution in [0.5, 0.6) is 0 Å². The van der Waals surface area contributed by atoms with E-state index in [1.807, 2.05) is 6.26 Å². The van der Waals surface area contributed by atoms with Gasteiger partial charge in [-0.1, -0.05) is 0 Å². The Morgan fingerprint density at radius 1 is 1.50 bits per heavy atom. The summed E-state index contributed by atoms with van der Waals surface area (Å²) in [7, 11) is -3.42. The van der Waals surface area contributed by atoms with Gasteiger partial charge in [0.1, 0.15) is 6.04 Å². The van der Waals surface area contributed by atoms with Crippen LogP contribution in [0.2, 0.25) is 0 Å². The maximum Gasteiger partial charge on any atom is 0.242 e. The summed E-state index contributed by atoms with van der Waals surface area (Å²) in [5.41, 5.74) is 0.544. The van der Waals surface area contributed by atoms with Gasteiger partial charge in [0, 0.05) is 6.20 Å². The van der Waals surface area contributed by atoms with Gasteiger partial charge in [0.05, 0.1) is 17.6 Å². The van der Waals surface area contributed by atoms with Gasteiger partial charge in [-0.15, -0.1) is 0 Å². The van der Waals surface area contributed by atoms with Crippen molar-refractivity contribution in [3.63, 3.8) is 0 Å². The predicted octanol–water partition coefficient (Wildman–Crippen LogP) is 1.08. The number of anilines is 1. The average Bonchev–Trinajstić information content (AvgIpc) is 2.44. The largest absolute Gasteiger partial charge is 0.323 e. The second kappa shape index (κ2) is 8.23. The van der Waals surface area contributed by atoms with Gasteiger partial charge >= 0.3 is 0 Å². The number of carbonyl (C=O) groups excluding carboxylic acids is 1. The molecule has 1 atom stereocenters. The maximum absolute atomic E-state index is 12.1. The van der Waals surface area contributed by atoms with Crippen LogP contribution in [0.25, 0.3) is 0 Å². The molecule has 0 radical (unpaired) electrons. The third kappa shape index (κ3) is 5.89. The molecule has 1 rings (SSSR count). The van der Waals surface area contributed by atoms with E-state index in [1.54, 1.807) is 30.1 Å². The Labute approximate surface area is 123 Å². The molecule has 6 nitrogen and oxygen atoms in total. The maximum atomic E-state index is 12.1. The number of thioether (sulfide) groups is 1. The highest BCUT2D eigenvalue weighted by Gasteiger charge is 2.23. The summed E-state index contributed by atoms with van der Waals surface area (Å²) >= 11 is 1.56. The monoisotopic (exact) mass is 317 g/mol. The summed E-state index contributed by atoms with van der Waals surface area (Å²) in [5.74, 6) is 0.268. The number of hydrogen-bond donors (Lipinski definition) is 2. The number of nitrogens with zero attached hydrogens (tertiary/aromatic N) is 1. The van der Waals surface area contributed by atoms with Gasteiger partial charge in [-0.2, -0.15) is 11.8 Å². The summed E-state index contributed by atoms with van der Waals surface area (Å²) in [6.07, 6.45) is 5.45. The highest BCUT2D eigenvalue weighted by Crippen LogP contribution is 2.08. The Balaban J connectivity index is 2.74. The molecule has 0 aromatic carbocycles. The first-order chi connectivity index (χ1) is 9.48. The minimum absolute atomic E-state index is 0.0526. The van der Waals surface area contributed by atoms with Crippen molar-refractivity contribution in [1.82, 2.24) is 9.71 Å². The van der Waals surface area contributed by atoms with Crippen LogP contribution in [0.1, 0.15) is 13.3 Å². The van der Waals surface area contributed by atoms with Crippen molar-refractivity contribution >= 4 is 33.4 Å². The molecule has 1 aromatic rings. The fourth-order valence-corrected chi connectivity index (χ4v) is 2.74. The quantitative estimate of drug-likeness (QED) is 0.749. The van der Waals surface area contributed by atoms with Crippen LogP contribution in [0.15, 0.2) is 24.5 Å². The summed E-state index contributed by atoms with van der Waals surface area (Å²) in [6.45, 7) is 1.53. The summed E-state index contributed by atoms with van der Waals surface area (Å²) in [4.78, 5) is 16.0. The van der Waals surface area contributed by atoms with Crippen molar-refractivity contribution in [2.24, 2.45) is 0 Å². The van der Waals surface area contributed by atoms with E-state index < -0.39 is 16.1 Å². The number of aromatic nitrogens is 1. The number of sulfonamides is 1. The molecule has 0 aliphatic rings. The lowest BCUT2D eigenvalue weighted by Crippen LogP contribution is -2.44. The molecule has 0 unspecified atom stereocenters. The second-order valence-corrected chi connectivity index (χ2v) is 7.11. The van der Waals surface area contributed by atoms with E-state index in [4.69, 9.17) is 0 Å². The van der Waals surface area contributed by atoms with Crippen molar-refractivity contribution in [1.29, 1.82) is 0 Å². The van der Waals surface area contributed by atoms with Crippen LogP contribution in [-0.2, 0) is 14.8 Å². The SMILES string of the molecule is CCS(=O)(=O)N[C@H](CCSC)C(=O)Nc1cccnc1. The van der Waals surface area contributed by atoms with Crippen LogP contribution in [0.4, 0.5) is 5.69 Å². The fourth-order valence-electron chi connectivity index (χ4n) is 1.45. The molecular weight excluding hydrogens is 298 g/mol. The number of nitrogens with one attached hydrogen (secondary N) is 2. The van der Waals surface area contributed by atoms with E-state index in [2.05, 4.69) is 15.0 Å². The molecule has 0 saturated heterocycles. The molecule has 0 aliphatic carbocycles. The number of hydrogen-bond acceptors (Lipinski definition) is 5. The minimum Gasteiger partial charge on any atom is -0.323 e. The van der Waals surface area contributed by atoms with Crippen molar-refractivity contribution in [2.75, 3.05) is 23.1 Å². The summed E-state index contributed by atoms with van der Waals surface area (Å²) < 4.78 is 25.7. The summed E-state index contributed by atoms with van der Waals surface area (Å²) in [5, 5.41) is 2.66. The average molecular weight is 317 g/mol. The first-order valence-electron chi connectivity index (χ1n) is 6.18. The zero-order valence-corrected chi connectivity index (χ0v) is 13.1. The van der Waals surface area contributed by atoms with Crippen LogP contribution in [0.3, 0.4) is 0 Å². The molecule has 0 bridgehead atoms. The first-order valence-corrected chi connectivity index (χ1v) is 9.23. The number of pyridine rings is 1. The number of rotatable bonds is 8. The van der Waals surface area contributed by atoms with Gasteiger partial charge in [-0.3, -0.25) is 9.78 Å². The minimum atomic E-state index is -3.42. The molecule has 1 aromatic heterocycles. The van der Waals surface area contributed by atoms with Crippen LogP contribution in [0, 0.1) is 0 Å². The molecule has 20 heavy (non-hydrogen) atoms. The lowest BCUT2D eigenvalue weighted by molar-refractivity contribution is -0.117. The van der Waals surface area contributed by atoms with Crippen molar-refractivity contribution in [3.8, 4) is 0 Å². The Morgan fingerprint density at radius 3 is 2.80 bits per heavy atom. The van der Waals surface area contributed by atoms with Gasteiger partial charge in [-0.05, 0) is 37.5 Å². The second-order valence-electron chi connectivity index (χ2n) is 4.09. The zero-order chi connectivity index (χ0) is 15.0. The Hall–Kier alpha value is -1.12. The Bertz CT molecular complexity index is 520. The van der Waals surface area contributed by atoms with Crippen LogP contribution in [-0.4, -0.2) is 43.1 Å². The molecule has 112 valence electrons. The van der Waals surface area contributed by atoms with E-state index in [0.29, 0.717) is 17.9 Å². The molecule has 1 amide bonds. The molecular formula is C12H19N3O3S2. The highest BCUT2D eigenvalue weighted by atomic mass is 32.2.